The largest absolute Gasteiger partial charge is 0.303 e. The first-order chi connectivity index (χ1) is 16.8. The first-order valence-electron chi connectivity index (χ1n) is 10.7. The third kappa shape index (κ3) is 4.25. The summed E-state index contributed by atoms with van der Waals surface area (Å²) in [5.41, 5.74) is 6.33. The molecule has 174 valence electrons. The zero-order chi connectivity index (χ0) is 24.7. The molecule has 0 radical (unpaired) electrons. The van der Waals surface area contributed by atoms with Crippen molar-refractivity contribution in [1.29, 1.82) is 0 Å². The average molecular weight is 520 g/mol. The Bertz CT molecular complexity index is 1440. The second-order valence-corrected chi connectivity index (χ2v) is 10.1. The molecular formula is C26H18ClN3O3S2. The Balaban J connectivity index is 1.48. The van der Waals surface area contributed by atoms with Crippen LogP contribution in [-0.4, -0.2) is 27.1 Å². The van der Waals surface area contributed by atoms with Gasteiger partial charge in [0.05, 0.1) is 22.7 Å². The van der Waals surface area contributed by atoms with Gasteiger partial charge >= 0.3 is 0 Å². The van der Waals surface area contributed by atoms with Gasteiger partial charge in [-0.3, -0.25) is 19.8 Å². The zero-order valence-electron chi connectivity index (χ0n) is 18.4. The molecule has 1 saturated heterocycles. The van der Waals surface area contributed by atoms with Crippen LogP contribution in [0.3, 0.4) is 0 Å². The quantitative estimate of drug-likeness (QED) is 0.383. The van der Waals surface area contributed by atoms with E-state index in [1.165, 1.54) is 0 Å². The lowest BCUT2D eigenvalue weighted by molar-refractivity contribution is -0.124. The highest BCUT2D eigenvalue weighted by atomic mass is 35.5. The van der Waals surface area contributed by atoms with Gasteiger partial charge in [-0.1, -0.05) is 71.9 Å². The lowest BCUT2D eigenvalue weighted by atomic mass is 10.1. The van der Waals surface area contributed by atoms with E-state index in [-0.39, 0.29) is 20.7 Å². The van der Waals surface area contributed by atoms with Gasteiger partial charge in [-0.2, -0.15) is 5.01 Å². The Morgan fingerprint density at radius 2 is 1.66 bits per heavy atom. The maximum Gasteiger partial charge on any atom is 0.286 e. The van der Waals surface area contributed by atoms with Gasteiger partial charge in [0.2, 0.25) is 0 Å². The Hall–Kier alpha value is -3.46. The van der Waals surface area contributed by atoms with Gasteiger partial charge in [-0.15, -0.1) is 0 Å². The number of halogens is 1. The van der Waals surface area contributed by atoms with Gasteiger partial charge < -0.3 is 4.90 Å². The number of amides is 3. The van der Waals surface area contributed by atoms with Crippen LogP contribution < -0.4 is 10.3 Å². The molecule has 0 atom stereocenters. The number of para-hydroxylation sites is 1. The van der Waals surface area contributed by atoms with Crippen molar-refractivity contribution in [3.63, 3.8) is 0 Å². The number of hydrazine groups is 1. The van der Waals surface area contributed by atoms with Crippen LogP contribution in [0.2, 0.25) is 5.02 Å². The third-order valence-electron chi connectivity index (χ3n) is 5.78. The summed E-state index contributed by atoms with van der Waals surface area (Å²) >= 11 is 12.4. The summed E-state index contributed by atoms with van der Waals surface area (Å²) in [4.78, 5) is 41.6. The van der Waals surface area contributed by atoms with Crippen LogP contribution in [0.5, 0.6) is 0 Å². The molecule has 1 N–H and O–H groups in total. The highest BCUT2D eigenvalue weighted by Crippen LogP contribution is 2.44. The van der Waals surface area contributed by atoms with Crippen molar-refractivity contribution >= 4 is 68.9 Å². The van der Waals surface area contributed by atoms with Gasteiger partial charge in [0.25, 0.3) is 17.7 Å². The molecule has 0 aromatic heterocycles. The average Bonchev–Trinajstić information content (AvgIpc) is 3.28. The normalized spacial score (nSPS) is 17.3. The summed E-state index contributed by atoms with van der Waals surface area (Å²) in [7, 11) is 0. The van der Waals surface area contributed by atoms with E-state index in [4.69, 9.17) is 23.8 Å². The molecule has 3 aromatic carbocycles. The first-order valence-corrected chi connectivity index (χ1v) is 12.3. The molecule has 3 amide bonds. The van der Waals surface area contributed by atoms with Gasteiger partial charge in [0.15, 0.2) is 4.32 Å². The van der Waals surface area contributed by atoms with E-state index < -0.39 is 11.8 Å². The smallest absolute Gasteiger partial charge is 0.286 e. The molecular weight excluding hydrogens is 502 g/mol. The number of benzene rings is 3. The SMILES string of the molecule is Cc1ccccc1C(=O)NN1C(=O)/C(=C2/C(=O)N(Cc3ccc(Cl)cc3)c3ccccc32)SC1=S. The van der Waals surface area contributed by atoms with Crippen LogP contribution in [0.4, 0.5) is 5.69 Å². The maximum atomic E-state index is 13.6. The number of rotatable bonds is 4. The minimum absolute atomic E-state index is 0.154. The number of hydrogen-bond donors (Lipinski definition) is 1. The molecule has 2 heterocycles. The summed E-state index contributed by atoms with van der Waals surface area (Å²) < 4.78 is 0.154. The fraction of sp³-hybridized carbons (Fsp3) is 0.0769. The second kappa shape index (κ2) is 9.30. The minimum Gasteiger partial charge on any atom is -0.303 e. The standard InChI is InChI=1S/C26H18ClN3O3S2/c1-15-6-2-3-7-18(15)23(31)28-30-25(33)22(35-26(30)34)21-19-8-4-5-9-20(19)29(24(21)32)14-16-10-12-17(27)13-11-16/h2-13H,14H2,1H3,(H,28,31)/b22-21-. The molecule has 2 aliphatic heterocycles. The molecule has 1 fully saturated rings. The van der Waals surface area contributed by atoms with Crippen molar-refractivity contribution in [2.75, 3.05) is 4.90 Å². The molecule has 0 unspecified atom stereocenters. The predicted octanol–water partition coefficient (Wildman–Crippen LogP) is 5.11. The number of carbonyl (C=O) groups excluding carboxylic acids is 3. The van der Waals surface area contributed by atoms with Gasteiger partial charge in [0, 0.05) is 16.1 Å². The monoisotopic (exact) mass is 519 g/mol. The molecule has 9 heteroatoms. The van der Waals surface area contributed by atoms with Crippen LogP contribution in [0.15, 0.2) is 77.7 Å². The molecule has 0 bridgehead atoms. The first kappa shape index (κ1) is 23.3. The lowest BCUT2D eigenvalue weighted by Gasteiger charge is -2.17. The van der Waals surface area contributed by atoms with E-state index in [1.807, 2.05) is 55.5 Å². The molecule has 2 aliphatic rings. The number of nitrogens with zero attached hydrogens (tertiary/aromatic N) is 2. The van der Waals surface area contributed by atoms with E-state index in [0.717, 1.165) is 27.9 Å². The molecule has 5 rings (SSSR count). The molecule has 3 aromatic rings. The van der Waals surface area contributed by atoms with E-state index in [2.05, 4.69) is 5.43 Å². The predicted molar refractivity (Wildman–Crippen MR) is 142 cm³/mol. The number of thioether (sulfide) groups is 1. The van der Waals surface area contributed by atoms with Crippen molar-refractivity contribution in [2.45, 2.75) is 13.5 Å². The fourth-order valence-corrected chi connectivity index (χ4v) is 5.41. The number of fused-ring (bicyclic) bond motifs is 1. The maximum absolute atomic E-state index is 13.6. The van der Waals surface area contributed by atoms with Crippen molar-refractivity contribution < 1.29 is 14.4 Å². The summed E-state index contributed by atoms with van der Waals surface area (Å²) in [6.07, 6.45) is 0. The van der Waals surface area contributed by atoms with Gasteiger partial charge in [-0.25, -0.2) is 0 Å². The van der Waals surface area contributed by atoms with E-state index in [9.17, 15) is 14.4 Å². The van der Waals surface area contributed by atoms with Crippen molar-refractivity contribution in [3.8, 4) is 0 Å². The molecule has 35 heavy (non-hydrogen) atoms. The minimum atomic E-state index is -0.534. The number of nitrogens with one attached hydrogen (secondary N) is 1. The molecule has 6 nitrogen and oxygen atoms in total. The number of aryl methyl sites for hydroxylation is 1. The molecule has 0 spiro atoms. The van der Waals surface area contributed by atoms with Gasteiger partial charge in [0.1, 0.15) is 0 Å². The van der Waals surface area contributed by atoms with E-state index in [1.54, 1.807) is 29.2 Å². The fourth-order valence-electron chi connectivity index (χ4n) is 4.03. The molecule has 0 saturated carbocycles. The van der Waals surface area contributed by atoms with E-state index in [0.29, 0.717) is 28.4 Å². The number of thiocarbonyl (C=S) groups is 1. The van der Waals surface area contributed by atoms with Crippen LogP contribution in [-0.2, 0) is 16.1 Å². The van der Waals surface area contributed by atoms with Crippen LogP contribution in [0.25, 0.3) is 5.57 Å². The lowest BCUT2D eigenvalue weighted by Crippen LogP contribution is -2.45. The summed E-state index contributed by atoms with van der Waals surface area (Å²) in [6, 6.07) is 21.6. The highest BCUT2D eigenvalue weighted by Gasteiger charge is 2.42. The molecule has 0 aliphatic carbocycles. The zero-order valence-corrected chi connectivity index (χ0v) is 20.8. The topological polar surface area (TPSA) is 69.7 Å². The van der Waals surface area contributed by atoms with Crippen LogP contribution in [0, 0.1) is 6.92 Å². The number of hydrogen-bond acceptors (Lipinski definition) is 5. The summed E-state index contributed by atoms with van der Waals surface area (Å²) in [5.74, 6) is -1.28. The number of carbonyl (C=O) groups is 3. The summed E-state index contributed by atoms with van der Waals surface area (Å²) in [5, 5.41) is 1.65. The van der Waals surface area contributed by atoms with Crippen molar-refractivity contribution in [1.82, 2.24) is 10.4 Å². The Labute approximate surface area is 216 Å². The summed E-state index contributed by atoms with van der Waals surface area (Å²) in [6.45, 7) is 2.13. The van der Waals surface area contributed by atoms with E-state index >= 15 is 0 Å². The Morgan fingerprint density at radius 3 is 2.40 bits per heavy atom. The van der Waals surface area contributed by atoms with Gasteiger partial charge in [-0.05, 0) is 54.5 Å². The number of anilines is 1. The van der Waals surface area contributed by atoms with Crippen LogP contribution in [0.1, 0.15) is 27.0 Å². The second-order valence-electron chi connectivity index (χ2n) is 8.00. The Kier molecular flexibility index (Phi) is 6.19. The van der Waals surface area contributed by atoms with Crippen molar-refractivity contribution in [3.05, 3.63) is 105 Å². The highest BCUT2D eigenvalue weighted by molar-refractivity contribution is 8.26. The van der Waals surface area contributed by atoms with Crippen LogP contribution >= 0.6 is 35.6 Å². The van der Waals surface area contributed by atoms with Crippen molar-refractivity contribution in [2.24, 2.45) is 0 Å². The third-order valence-corrected chi connectivity index (χ3v) is 7.40. The Morgan fingerprint density at radius 1 is 0.971 bits per heavy atom.